The summed E-state index contributed by atoms with van der Waals surface area (Å²) in [5, 5.41) is 5.95. The lowest BCUT2D eigenvalue weighted by Gasteiger charge is -2.28. The standard InChI is InChI=1S/C24H20NOPS/c1-19-18-28-24(25-19)23(26)17-27(20-11-5-2-6-12-20,21-13-7-3-8-14-21)22-15-9-4-10-16-22/h2-18H,1H3. The van der Waals surface area contributed by atoms with Gasteiger partial charge in [0, 0.05) is 11.1 Å². The topological polar surface area (TPSA) is 30.0 Å². The maximum absolute atomic E-state index is 13.3. The van der Waals surface area contributed by atoms with E-state index >= 15 is 0 Å². The second kappa shape index (κ2) is 8.10. The lowest BCUT2D eigenvalue weighted by Crippen LogP contribution is -2.28. The van der Waals surface area contributed by atoms with E-state index in [0.717, 1.165) is 21.6 Å². The van der Waals surface area contributed by atoms with Gasteiger partial charge < -0.3 is 0 Å². The van der Waals surface area contributed by atoms with Gasteiger partial charge in [0.2, 0.25) is 5.78 Å². The molecule has 0 amide bonds. The van der Waals surface area contributed by atoms with Gasteiger partial charge in [-0.25, -0.2) is 4.98 Å². The smallest absolute Gasteiger partial charge is 0.215 e. The summed E-state index contributed by atoms with van der Waals surface area (Å²) in [5.74, 6) is 1.92. The van der Waals surface area contributed by atoms with E-state index in [0.29, 0.717) is 5.01 Å². The van der Waals surface area contributed by atoms with Crippen LogP contribution < -0.4 is 15.9 Å². The van der Waals surface area contributed by atoms with Crippen LogP contribution in [0.1, 0.15) is 15.5 Å². The molecule has 138 valence electrons. The van der Waals surface area contributed by atoms with E-state index in [1.807, 2.05) is 72.7 Å². The molecule has 28 heavy (non-hydrogen) atoms. The Bertz CT molecular complexity index is 1030. The van der Waals surface area contributed by atoms with Crippen LogP contribution >= 0.6 is 18.2 Å². The summed E-state index contributed by atoms with van der Waals surface area (Å²) in [4.78, 5) is 17.7. The van der Waals surface area contributed by atoms with E-state index in [-0.39, 0.29) is 5.78 Å². The second-order valence-electron chi connectivity index (χ2n) is 6.52. The Hall–Kier alpha value is -2.74. The minimum atomic E-state index is -2.27. The molecule has 0 bridgehead atoms. The molecule has 0 saturated heterocycles. The van der Waals surface area contributed by atoms with Crippen LogP contribution in [0.2, 0.25) is 0 Å². The zero-order valence-corrected chi connectivity index (χ0v) is 17.2. The quantitative estimate of drug-likeness (QED) is 0.366. The number of benzene rings is 3. The molecular weight excluding hydrogens is 381 g/mol. The van der Waals surface area contributed by atoms with Crippen molar-refractivity contribution >= 4 is 45.7 Å². The fourth-order valence-corrected chi connectivity index (χ4v) is 7.90. The summed E-state index contributed by atoms with van der Waals surface area (Å²) in [6, 6.07) is 31.1. The van der Waals surface area contributed by atoms with Gasteiger partial charge in [0.15, 0.2) is 5.01 Å². The van der Waals surface area contributed by atoms with Gasteiger partial charge in [-0.15, -0.1) is 11.3 Å². The number of aryl methyl sites for hydroxylation is 1. The molecule has 0 N–H and O–H groups in total. The number of nitrogens with zero attached hydrogens (tertiary/aromatic N) is 1. The minimum Gasteiger partial charge on any atom is -0.287 e. The van der Waals surface area contributed by atoms with Crippen molar-refractivity contribution in [2.45, 2.75) is 6.92 Å². The molecule has 1 heterocycles. The number of Topliss-reactive ketones (excluding diaryl/α,β-unsaturated/α-hetero) is 1. The molecule has 3 aromatic carbocycles. The molecular formula is C24H20NOPS. The number of ketones is 1. The van der Waals surface area contributed by atoms with Crippen molar-refractivity contribution in [3.63, 3.8) is 0 Å². The van der Waals surface area contributed by atoms with E-state index in [2.05, 4.69) is 41.4 Å². The fourth-order valence-electron chi connectivity index (χ4n) is 3.36. The zero-order valence-electron chi connectivity index (χ0n) is 15.5. The Balaban J connectivity index is 2.07. The Morgan fingerprint density at radius 2 is 1.21 bits per heavy atom. The normalized spacial score (nSPS) is 11.2. The minimum absolute atomic E-state index is 0.0111. The first-order chi connectivity index (χ1) is 13.7. The molecule has 0 aliphatic rings. The first-order valence-electron chi connectivity index (χ1n) is 9.08. The van der Waals surface area contributed by atoms with Crippen molar-refractivity contribution in [2.75, 3.05) is 0 Å². The van der Waals surface area contributed by atoms with Crippen LogP contribution in [-0.4, -0.2) is 16.6 Å². The lowest BCUT2D eigenvalue weighted by molar-refractivity contribution is 0.107. The Morgan fingerprint density at radius 1 is 0.786 bits per heavy atom. The van der Waals surface area contributed by atoms with Gasteiger partial charge in [-0.3, -0.25) is 4.79 Å². The number of carbonyl (C=O) groups is 1. The summed E-state index contributed by atoms with van der Waals surface area (Å²) >= 11 is 1.41. The van der Waals surface area contributed by atoms with E-state index in [1.54, 1.807) is 0 Å². The monoisotopic (exact) mass is 401 g/mol. The van der Waals surface area contributed by atoms with Crippen LogP contribution in [0, 0.1) is 6.92 Å². The highest BCUT2D eigenvalue weighted by Crippen LogP contribution is 2.43. The molecule has 0 aliphatic carbocycles. The van der Waals surface area contributed by atoms with Gasteiger partial charge in [0.1, 0.15) is 0 Å². The van der Waals surface area contributed by atoms with Crippen LogP contribution in [-0.2, 0) is 0 Å². The summed E-state index contributed by atoms with van der Waals surface area (Å²) in [6.07, 6.45) is 0. The third kappa shape index (κ3) is 3.52. The van der Waals surface area contributed by atoms with Crippen LogP contribution in [0.25, 0.3) is 0 Å². The van der Waals surface area contributed by atoms with Crippen molar-refractivity contribution in [3.05, 3.63) is 107 Å². The van der Waals surface area contributed by atoms with Gasteiger partial charge in [0.25, 0.3) is 0 Å². The maximum atomic E-state index is 13.3. The highest BCUT2D eigenvalue weighted by atomic mass is 32.1. The van der Waals surface area contributed by atoms with Crippen molar-refractivity contribution in [1.82, 2.24) is 4.98 Å². The molecule has 4 heteroatoms. The number of hydrogen-bond acceptors (Lipinski definition) is 3. The number of aromatic nitrogens is 1. The molecule has 0 saturated carbocycles. The SMILES string of the molecule is Cc1csc(C(=O)C=P(c2ccccc2)(c2ccccc2)c2ccccc2)n1. The molecule has 0 spiro atoms. The van der Waals surface area contributed by atoms with Gasteiger partial charge >= 0.3 is 0 Å². The van der Waals surface area contributed by atoms with E-state index < -0.39 is 6.89 Å². The van der Waals surface area contributed by atoms with E-state index in [1.165, 1.54) is 11.3 Å². The van der Waals surface area contributed by atoms with Crippen LogP contribution in [0.3, 0.4) is 0 Å². The Kier molecular flexibility index (Phi) is 5.38. The van der Waals surface area contributed by atoms with Gasteiger partial charge in [-0.05, 0) is 35.5 Å². The van der Waals surface area contributed by atoms with Crippen LogP contribution in [0.15, 0.2) is 96.4 Å². The van der Waals surface area contributed by atoms with Gasteiger partial charge in [-0.1, -0.05) is 91.0 Å². The predicted molar refractivity (Wildman–Crippen MR) is 122 cm³/mol. The van der Waals surface area contributed by atoms with Crippen molar-refractivity contribution in [3.8, 4) is 0 Å². The summed E-state index contributed by atoms with van der Waals surface area (Å²) in [6.45, 7) is -0.356. The molecule has 4 rings (SSSR count). The first-order valence-corrected chi connectivity index (χ1v) is 11.8. The predicted octanol–water partition coefficient (Wildman–Crippen LogP) is 4.43. The third-order valence-corrected chi connectivity index (χ3v) is 9.57. The Labute approximate surface area is 169 Å². The molecule has 0 radical (unpaired) electrons. The van der Waals surface area contributed by atoms with E-state index in [4.69, 9.17) is 0 Å². The molecule has 1 aromatic heterocycles. The number of carbonyl (C=O) groups excluding carboxylic acids is 1. The van der Waals surface area contributed by atoms with Crippen molar-refractivity contribution in [1.29, 1.82) is 0 Å². The summed E-state index contributed by atoms with van der Waals surface area (Å²) < 4.78 is 0. The maximum Gasteiger partial charge on any atom is 0.215 e. The average molecular weight is 401 g/mol. The molecule has 2 nitrogen and oxygen atoms in total. The fraction of sp³-hybridized carbons (Fsp3) is 0.0417. The molecule has 0 unspecified atom stereocenters. The zero-order chi connectivity index (χ0) is 19.4. The number of rotatable bonds is 5. The van der Waals surface area contributed by atoms with Gasteiger partial charge in [-0.2, -0.15) is 0 Å². The number of thiazole rings is 1. The molecule has 0 fully saturated rings. The van der Waals surface area contributed by atoms with E-state index in [9.17, 15) is 4.79 Å². The van der Waals surface area contributed by atoms with Crippen LogP contribution in [0.5, 0.6) is 0 Å². The summed E-state index contributed by atoms with van der Waals surface area (Å²) in [5.41, 5.74) is 0.879. The van der Waals surface area contributed by atoms with Crippen molar-refractivity contribution < 1.29 is 4.79 Å². The molecule has 4 aromatic rings. The average Bonchev–Trinajstić information content (AvgIpc) is 3.20. The molecule has 0 aliphatic heterocycles. The first kappa shape index (κ1) is 18.6. The highest BCUT2D eigenvalue weighted by molar-refractivity contribution is 7.95. The van der Waals surface area contributed by atoms with Crippen LogP contribution in [0.4, 0.5) is 0 Å². The lowest BCUT2D eigenvalue weighted by atomic mass is 10.4. The third-order valence-electron chi connectivity index (χ3n) is 4.63. The molecule has 0 atom stereocenters. The summed E-state index contributed by atoms with van der Waals surface area (Å²) in [7, 11) is 0. The Morgan fingerprint density at radius 3 is 1.57 bits per heavy atom. The number of hydrogen-bond donors (Lipinski definition) is 0. The van der Waals surface area contributed by atoms with Crippen molar-refractivity contribution in [2.24, 2.45) is 0 Å². The second-order valence-corrected chi connectivity index (χ2v) is 10.6. The highest BCUT2D eigenvalue weighted by Gasteiger charge is 2.27. The largest absolute Gasteiger partial charge is 0.287 e. The van der Waals surface area contributed by atoms with Gasteiger partial charge in [0.05, 0.1) is 0 Å².